The molecular weight excluding hydrogens is 286 g/mol. The summed E-state index contributed by atoms with van der Waals surface area (Å²) >= 11 is 0. The molecule has 1 aliphatic heterocycles. The highest BCUT2D eigenvalue weighted by atomic mass is 16.5. The average Bonchev–Trinajstić information content (AvgIpc) is 2.91. The van der Waals surface area contributed by atoms with Gasteiger partial charge in [0.2, 0.25) is 5.91 Å². The quantitative estimate of drug-likeness (QED) is 0.635. The molecule has 1 aliphatic rings. The first-order valence-electron chi connectivity index (χ1n) is 7.99. The molecule has 1 rings (SSSR count). The van der Waals surface area contributed by atoms with E-state index in [-0.39, 0.29) is 30.5 Å². The first kappa shape index (κ1) is 18.9. The van der Waals surface area contributed by atoms with E-state index in [4.69, 9.17) is 9.47 Å². The lowest BCUT2D eigenvalue weighted by Gasteiger charge is -2.21. The number of aliphatic carboxylic acids is 1. The smallest absolute Gasteiger partial charge is 0.326 e. The van der Waals surface area contributed by atoms with Gasteiger partial charge in [-0.05, 0) is 31.1 Å². The zero-order chi connectivity index (χ0) is 16.6. The van der Waals surface area contributed by atoms with Gasteiger partial charge in [0.15, 0.2) is 0 Å². The molecule has 0 bridgehead atoms. The van der Waals surface area contributed by atoms with Gasteiger partial charge in [0, 0.05) is 13.0 Å². The third-order valence-corrected chi connectivity index (χ3v) is 3.62. The minimum atomic E-state index is -0.988. The van der Waals surface area contributed by atoms with Crippen LogP contribution in [0.25, 0.3) is 0 Å². The Balaban J connectivity index is 2.20. The van der Waals surface area contributed by atoms with E-state index in [0.29, 0.717) is 13.0 Å². The number of amides is 1. The van der Waals surface area contributed by atoms with E-state index in [1.807, 2.05) is 20.8 Å². The largest absolute Gasteiger partial charge is 0.480 e. The SMILES string of the molecule is CC(C)(C)CCC(NC(=O)CCOCC1CCCO1)C(=O)O. The fourth-order valence-electron chi connectivity index (χ4n) is 2.26. The number of hydrogen-bond donors (Lipinski definition) is 2. The summed E-state index contributed by atoms with van der Waals surface area (Å²) in [6.07, 6.45) is 3.54. The van der Waals surface area contributed by atoms with E-state index in [1.54, 1.807) is 0 Å². The summed E-state index contributed by atoms with van der Waals surface area (Å²) in [6.45, 7) is 7.71. The number of nitrogens with one attached hydrogen (secondary N) is 1. The molecule has 0 radical (unpaired) electrons. The van der Waals surface area contributed by atoms with Crippen molar-refractivity contribution in [2.75, 3.05) is 19.8 Å². The summed E-state index contributed by atoms with van der Waals surface area (Å²) in [5, 5.41) is 11.7. The van der Waals surface area contributed by atoms with Gasteiger partial charge in [-0.15, -0.1) is 0 Å². The van der Waals surface area contributed by atoms with Crippen LogP contribution in [0.1, 0.15) is 52.9 Å². The summed E-state index contributed by atoms with van der Waals surface area (Å²) in [7, 11) is 0. The third-order valence-electron chi connectivity index (χ3n) is 3.62. The van der Waals surface area contributed by atoms with E-state index >= 15 is 0 Å². The molecule has 1 saturated heterocycles. The van der Waals surface area contributed by atoms with Crippen LogP contribution in [0.5, 0.6) is 0 Å². The Morgan fingerprint density at radius 1 is 1.41 bits per heavy atom. The monoisotopic (exact) mass is 315 g/mol. The Hall–Kier alpha value is -1.14. The minimum absolute atomic E-state index is 0.0445. The van der Waals surface area contributed by atoms with Gasteiger partial charge in [-0.3, -0.25) is 4.79 Å². The molecule has 2 unspecified atom stereocenters. The number of hydrogen-bond acceptors (Lipinski definition) is 4. The van der Waals surface area contributed by atoms with Crippen molar-refractivity contribution in [3.63, 3.8) is 0 Å². The summed E-state index contributed by atoms with van der Waals surface area (Å²) in [5.41, 5.74) is 0.0445. The van der Waals surface area contributed by atoms with Crippen LogP contribution in [-0.2, 0) is 19.1 Å². The Morgan fingerprint density at radius 3 is 2.68 bits per heavy atom. The Kier molecular flexibility index (Phi) is 7.82. The van der Waals surface area contributed by atoms with Gasteiger partial charge >= 0.3 is 5.97 Å². The van der Waals surface area contributed by atoms with Crippen molar-refractivity contribution in [1.82, 2.24) is 5.32 Å². The summed E-state index contributed by atoms with van der Waals surface area (Å²) in [4.78, 5) is 23.0. The molecule has 6 nitrogen and oxygen atoms in total. The van der Waals surface area contributed by atoms with Crippen molar-refractivity contribution in [3.8, 4) is 0 Å². The molecule has 6 heteroatoms. The zero-order valence-electron chi connectivity index (χ0n) is 13.9. The van der Waals surface area contributed by atoms with Gasteiger partial charge in [-0.2, -0.15) is 0 Å². The highest BCUT2D eigenvalue weighted by molar-refractivity contribution is 5.83. The van der Waals surface area contributed by atoms with Crippen molar-refractivity contribution in [2.24, 2.45) is 5.41 Å². The van der Waals surface area contributed by atoms with Crippen LogP contribution in [0.15, 0.2) is 0 Å². The number of carbonyl (C=O) groups is 2. The Morgan fingerprint density at radius 2 is 2.14 bits per heavy atom. The molecule has 2 atom stereocenters. The van der Waals surface area contributed by atoms with E-state index < -0.39 is 12.0 Å². The molecule has 2 N–H and O–H groups in total. The van der Waals surface area contributed by atoms with Crippen molar-refractivity contribution in [3.05, 3.63) is 0 Å². The first-order chi connectivity index (χ1) is 10.3. The number of carboxylic acids is 1. The highest BCUT2D eigenvalue weighted by Crippen LogP contribution is 2.21. The molecule has 0 aliphatic carbocycles. The minimum Gasteiger partial charge on any atom is -0.480 e. The van der Waals surface area contributed by atoms with Crippen LogP contribution in [-0.4, -0.2) is 48.9 Å². The van der Waals surface area contributed by atoms with E-state index in [1.165, 1.54) is 0 Å². The lowest BCUT2D eigenvalue weighted by atomic mass is 9.88. The van der Waals surface area contributed by atoms with Gasteiger partial charge in [0.05, 0.1) is 19.3 Å². The Bertz CT molecular complexity index is 358. The summed E-state index contributed by atoms with van der Waals surface area (Å²) < 4.78 is 10.8. The molecule has 0 aromatic rings. The van der Waals surface area contributed by atoms with Gasteiger partial charge in [-0.1, -0.05) is 20.8 Å². The topological polar surface area (TPSA) is 84.9 Å². The second-order valence-electron chi connectivity index (χ2n) is 7.02. The number of rotatable bonds is 9. The summed E-state index contributed by atoms with van der Waals surface area (Å²) in [6, 6.07) is -0.829. The predicted octanol–water partition coefficient (Wildman–Crippen LogP) is 1.97. The Labute approximate surface area is 132 Å². The maximum atomic E-state index is 11.8. The fraction of sp³-hybridized carbons (Fsp3) is 0.875. The van der Waals surface area contributed by atoms with Gasteiger partial charge < -0.3 is 19.9 Å². The number of ether oxygens (including phenoxy) is 2. The van der Waals surface area contributed by atoms with Crippen LogP contribution in [0.4, 0.5) is 0 Å². The second kappa shape index (κ2) is 9.10. The third kappa shape index (κ3) is 8.34. The molecule has 0 saturated carbocycles. The van der Waals surface area contributed by atoms with Crippen molar-refractivity contribution in [2.45, 2.75) is 65.0 Å². The van der Waals surface area contributed by atoms with Crippen molar-refractivity contribution < 1.29 is 24.2 Å². The molecule has 0 spiro atoms. The van der Waals surface area contributed by atoms with Crippen LogP contribution in [0, 0.1) is 5.41 Å². The van der Waals surface area contributed by atoms with E-state index in [2.05, 4.69) is 5.32 Å². The molecule has 1 amide bonds. The molecule has 0 aromatic carbocycles. The zero-order valence-corrected chi connectivity index (χ0v) is 13.9. The van der Waals surface area contributed by atoms with Crippen molar-refractivity contribution >= 4 is 11.9 Å². The van der Waals surface area contributed by atoms with Crippen LogP contribution >= 0.6 is 0 Å². The molecule has 128 valence electrons. The molecular formula is C16H29NO5. The lowest BCUT2D eigenvalue weighted by molar-refractivity contribution is -0.142. The number of carbonyl (C=O) groups excluding carboxylic acids is 1. The maximum absolute atomic E-state index is 11.8. The fourth-order valence-corrected chi connectivity index (χ4v) is 2.26. The lowest BCUT2D eigenvalue weighted by Crippen LogP contribution is -2.41. The number of carboxylic acid groups (broad SMARTS) is 1. The molecule has 1 fully saturated rings. The first-order valence-corrected chi connectivity index (χ1v) is 7.99. The predicted molar refractivity (Wildman–Crippen MR) is 82.7 cm³/mol. The highest BCUT2D eigenvalue weighted by Gasteiger charge is 2.22. The maximum Gasteiger partial charge on any atom is 0.326 e. The van der Waals surface area contributed by atoms with Crippen LogP contribution < -0.4 is 5.32 Å². The molecule has 1 heterocycles. The van der Waals surface area contributed by atoms with Crippen LogP contribution in [0.2, 0.25) is 0 Å². The van der Waals surface area contributed by atoms with Gasteiger partial charge in [0.1, 0.15) is 6.04 Å². The van der Waals surface area contributed by atoms with Gasteiger partial charge in [0.25, 0.3) is 0 Å². The molecule has 22 heavy (non-hydrogen) atoms. The van der Waals surface area contributed by atoms with E-state index in [9.17, 15) is 14.7 Å². The average molecular weight is 315 g/mol. The van der Waals surface area contributed by atoms with Crippen molar-refractivity contribution in [1.29, 1.82) is 0 Å². The van der Waals surface area contributed by atoms with E-state index in [0.717, 1.165) is 25.9 Å². The summed E-state index contributed by atoms with van der Waals surface area (Å²) in [5.74, 6) is -1.27. The standard InChI is InChI=1S/C16H29NO5/c1-16(2,3)8-6-13(15(19)20)17-14(18)7-10-21-11-12-5-4-9-22-12/h12-13H,4-11H2,1-3H3,(H,17,18)(H,19,20). The van der Waals surface area contributed by atoms with Crippen LogP contribution in [0.3, 0.4) is 0 Å². The normalized spacial score (nSPS) is 19.9. The second-order valence-corrected chi connectivity index (χ2v) is 7.02. The molecule has 0 aromatic heterocycles. The van der Waals surface area contributed by atoms with Gasteiger partial charge in [-0.25, -0.2) is 4.79 Å².